The van der Waals surface area contributed by atoms with Crippen LogP contribution in [0.25, 0.3) is 64.2 Å². The second kappa shape index (κ2) is 87.4. The second-order valence-corrected chi connectivity index (χ2v) is 56.5. The number of aromatic hydroxyl groups is 6. The Morgan fingerprint density at radius 1 is 0.325 bits per heavy atom. The van der Waals surface area contributed by atoms with Crippen molar-refractivity contribution in [3.05, 3.63) is 262 Å². The summed E-state index contributed by atoms with van der Waals surface area (Å²) in [6.45, 7) is 21.2. The molecule has 0 saturated carbocycles. The number of hydrogen-bond acceptors (Lipinski definition) is 14. The van der Waals surface area contributed by atoms with E-state index in [9.17, 15) is 20.4 Å². The van der Waals surface area contributed by atoms with Gasteiger partial charge < -0.3 is 61.2 Å². The number of fused-ring (bicyclic) bond motifs is 4. The van der Waals surface area contributed by atoms with Crippen LogP contribution in [0.5, 0.6) is 34.8 Å². The van der Waals surface area contributed by atoms with E-state index < -0.39 is 168 Å². The van der Waals surface area contributed by atoms with E-state index in [2.05, 4.69) is 114 Å². The van der Waals surface area contributed by atoms with Crippen LogP contribution in [0.4, 0.5) is 11.6 Å². The van der Waals surface area contributed by atoms with Crippen LogP contribution in [0, 0.1) is 27.7 Å². The fraction of sp³-hybridized carbons (Fsp3) is 0.200. The maximum absolute atomic E-state index is 9.43. The molecule has 0 aliphatic rings. The second-order valence-electron chi connectivity index (χ2n) is 22.1. The van der Waals surface area contributed by atoms with E-state index in [-0.39, 0.29) is 34.8 Å². The zero-order valence-corrected chi connectivity index (χ0v) is 94.1. The molecule has 8 heterocycles. The van der Waals surface area contributed by atoms with Gasteiger partial charge in [-0.15, -0.1) is 0 Å². The van der Waals surface area contributed by atoms with Crippen LogP contribution in [0.2, 0.25) is 39.3 Å². The van der Waals surface area contributed by atoms with Crippen molar-refractivity contribution < 1.29 is 182 Å². The molecule has 18 nitrogen and oxygen atoms in total. The zero-order valence-electron chi connectivity index (χ0n) is 63.9. The first-order valence-electron chi connectivity index (χ1n) is 31.5. The summed E-state index contributed by atoms with van der Waals surface area (Å²) in [6, 6.07) is 54.8. The number of benzene rings is 4. The molecule has 0 radical (unpaired) electrons. The Kier molecular flexibility index (Phi) is 96.3. The molecule has 12 rings (SSSR count). The van der Waals surface area contributed by atoms with Crippen LogP contribution < -0.4 is 0 Å². The van der Waals surface area contributed by atoms with Crippen LogP contribution >= 0.6 is 143 Å². The zero-order chi connectivity index (χ0) is 88.1. The van der Waals surface area contributed by atoms with Crippen molar-refractivity contribution in [3.8, 4) is 34.8 Å². The molecular formula is C70H84Cl16N12O6Si2Ti4Zr4-2. The van der Waals surface area contributed by atoms with Crippen molar-refractivity contribution in [1.29, 1.82) is 0 Å². The van der Waals surface area contributed by atoms with Gasteiger partial charge in [0.15, 0.2) is 0 Å². The van der Waals surface area contributed by atoms with Gasteiger partial charge >= 0.3 is 294 Å². The monoisotopic (exact) mass is 2360 g/mol. The van der Waals surface area contributed by atoms with Crippen molar-refractivity contribution in [1.82, 2.24) is 39.9 Å². The number of hydrogen-bond donors (Lipinski definition) is 6. The minimum absolute atomic E-state index is 0.0718. The Labute approximate surface area is 815 Å². The molecule has 114 heavy (non-hydrogen) atoms. The van der Waals surface area contributed by atoms with Gasteiger partial charge in [-0.3, -0.25) is 9.97 Å². The van der Waals surface area contributed by atoms with Crippen LogP contribution in [0.1, 0.15) is 22.5 Å². The first-order valence-corrected chi connectivity index (χ1v) is 80.9. The van der Waals surface area contributed by atoms with Crippen LogP contribution in [0.15, 0.2) is 219 Å². The van der Waals surface area contributed by atoms with Crippen LogP contribution in [-0.2, 0) is 152 Å². The molecular weight excluding hydrogens is 2280 g/mol. The van der Waals surface area contributed by atoms with Crippen LogP contribution in [-0.4, -0.2) is 115 Å². The summed E-state index contributed by atoms with van der Waals surface area (Å²) in [5.41, 5.74) is 6.97. The molecule has 0 aliphatic heterocycles. The molecule has 44 heteroatoms. The molecule has 0 bridgehead atoms. The third kappa shape index (κ3) is 77.7. The van der Waals surface area contributed by atoms with Crippen molar-refractivity contribution in [2.24, 2.45) is 0 Å². The molecule has 8 aromatic heterocycles. The SMILES string of the molecule is C[N-]C.C[N-]C.Cc1ccc2cccc(O)c2n1.Cc1ccc2cccc(O)c2n1.Cc1ccnc([N-][Si](C)(C)C)c1.Cc1ccnc([N-][Si](C)(C)C)c1.Oc1cccc2cccnc12.Oc1cccc2cccnc12.Oc1ccccn1.Oc1ccccn1.[Cl][Ti][Cl].[Cl][Ti][Cl].[Cl][Ti][Cl].[Cl][Ti][Cl].[Cl][Zr+2][Cl].[Cl][Zr][Cl].[Cl][Zr][Cl].[Cl][Zr][Cl]. The number of nitrogens with zero attached hydrogens (tertiary/aromatic N) is 12. The van der Waals surface area contributed by atoms with E-state index in [1.54, 1.807) is 101 Å². The molecule has 0 unspecified atom stereocenters. The van der Waals surface area contributed by atoms with Crippen molar-refractivity contribution in [2.45, 2.75) is 67.0 Å². The fourth-order valence-corrected chi connectivity index (χ4v) is 8.81. The van der Waals surface area contributed by atoms with E-state index >= 15 is 0 Å². The van der Waals surface area contributed by atoms with Gasteiger partial charge in [0.1, 0.15) is 45.1 Å². The molecule has 614 valence electrons. The number of aryl methyl sites for hydroxylation is 4. The summed E-state index contributed by atoms with van der Waals surface area (Å²) in [4.78, 5) is 41.1. The Bertz CT molecular complexity index is 3940. The number of phenols is 4. The van der Waals surface area contributed by atoms with Gasteiger partial charge in [0.2, 0.25) is 11.8 Å². The summed E-state index contributed by atoms with van der Waals surface area (Å²) in [6.07, 6.45) is 10.0. The predicted molar refractivity (Wildman–Crippen MR) is 470 cm³/mol. The fourth-order valence-electron chi connectivity index (χ4n) is 7.19. The van der Waals surface area contributed by atoms with Gasteiger partial charge in [-0.2, -0.15) is 28.2 Å². The number of rotatable bonds is 4. The number of para-hydroxylation sites is 4. The van der Waals surface area contributed by atoms with E-state index in [0.717, 1.165) is 44.6 Å². The van der Waals surface area contributed by atoms with E-state index in [4.69, 9.17) is 153 Å². The van der Waals surface area contributed by atoms with Gasteiger partial charge in [0.05, 0.1) is 0 Å². The van der Waals surface area contributed by atoms with Gasteiger partial charge in [0.25, 0.3) is 0 Å². The molecule has 6 N–H and O–H groups in total. The third-order valence-corrected chi connectivity index (χ3v) is 12.7. The normalized spacial score (nSPS) is 8.86. The summed E-state index contributed by atoms with van der Waals surface area (Å²) < 4.78 is 0. The molecule has 12 aromatic rings. The van der Waals surface area contributed by atoms with Gasteiger partial charge in [0, 0.05) is 86.3 Å². The molecule has 0 aliphatic carbocycles. The van der Waals surface area contributed by atoms with E-state index in [1.165, 1.54) is 35.7 Å². The first kappa shape index (κ1) is 126. The average Bonchev–Trinajstić information content (AvgIpc) is 0.833. The predicted octanol–water partition coefficient (Wildman–Crippen LogP) is 28.7. The number of aromatic nitrogens is 8. The quantitative estimate of drug-likeness (QED) is 0.0894. The summed E-state index contributed by atoms with van der Waals surface area (Å²) in [7, 11) is 82.9. The summed E-state index contributed by atoms with van der Waals surface area (Å²) in [5.74, 6) is 2.88. The number of phenolic OH excluding ortho intramolecular Hbond substituents is 4. The standard InChI is InChI=1S/2C10H9NO.2C9H15N2Si.2C9H7NO.2C5H5NO.2C2H6N.16ClH.4Ti.4Zr/c2*1-7-5-6-8-3-2-4-9(12)10(8)11-7;2*1-8-5-6-10-9(7-8)11-12(2,3)4;2*11-8-5-1-3-7-4-2-6-10-9(7)8;2*7-5-3-1-2-4-6-5;2*1-3-2;;;;;;;;;;;;;;;;;;;;;;;;/h2*2-6,12H,1H3;2*5-7H,1-4H3;2*1-6,11H;2*1-4H,(H,6,7);2*1-2H3;16*1H;;;;;;;;/q;;2*-1;;;;;2*-1;;;;;;;;;;;;;;;;;7*+2;+4/p-16. The van der Waals surface area contributed by atoms with E-state index in [1.807, 2.05) is 135 Å². The van der Waals surface area contributed by atoms with Gasteiger partial charge in [-0.05, 0) is 88.4 Å². The Morgan fingerprint density at radius 2 is 0.561 bits per heavy atom. The average molecular weight is 2370 g/mol. The number of halogens is 16. The van der Waals surface area contributed by atoms with Gasteiger partial charge in [-0.25, -0.2) is 19.9 Å². The molecule has 0 atom stereocenters. The maximum atomic E-state index is 9.43. The topological polar surface area (TPSA) is 281 Å². The molecule has 0 fully saturated rings. The Morgan fingerprint density at radius 3 is 0.772 bits per heavy atom. The molecule has 0 amide bonds. The minimum atomic E-state index is -1.36. The van der Waals surface area contributed by atoms with Crippen molar-refractivity contribution in [2.75, 3.05) is 28.2 Å². The summed E-state index contributed by atoms with van der Waals surface area (Å²) >= 11 is -5.52. The molecule has 0 spiro atoms. The molecule has 4 aromatic carbocycles. The van der Waals surface area contributed by atoms with Crippen LogP contribution in [0.3, 0.4) is 0 Å². The Hall–Kier alpha value is 0.903. The Balaban J connectivity index is -0.000000279. The molecule has 0 saturated heterocycles. The summed E-state index contributed by atoms with van der Waals surface area (Å²) in [5, 5.41) is 65.4. The van der Waals surface area contributed by atoms with E-state index in [0.29, 0.717) is 22.1 Å². The van der Waals surface area contributed by atoms with Crippen molar-refractivity contribution >= 4 is 214 Å². The van der Waals surface area contributed by atoms with Gasteiger partial charge in [-0.1, -0.05) is 184 Å². The van der Waals surface area contributed by atoms with Crippen molar-refractivity contribution in [3.63, 3.8) is 0 Å². The number of pyridine rings is 8. The third-order valence-electron chi connectivity index (χ3n) is 10.9. The first-order chi connectivity index (χ1) is 54.2.